The van der Waals surface area contributed by atoms with Crippen molar-refractivity contribution >= 4 is 30.3 Å². The van der Waals surface area contributed by atoms with Gasteiger partial charge in [0, 0.05) is 18.0 Å². The Bertz CT molecular complexity index is 1390. The van der Waals surface area contributed by atoms with Crippen LogP contribution < -0.4 is 21.0 Å². The number of benzene rings is 2. The van der Waals surface area contributed by atoms with Crippen LogP contribution in [0.5, 0.6) is 5.75 Å². The lowest BCUT2D eigenvalue weighted by molar-refractivity contribution is -0.149. The molecule has 12 nitrogen and oxygen atoms in total. The average Bonchev–Trinajstić information content (AvgIpc) is 3.22. The van der Waals surface area contributed by atoms with Crippen molar-refractivity contribution in [3.8, 4) is 5.75 Å². The van der Waals surface area contributed by atoms with Gasteiger partial charge in [-0.1, -0.05) is 36.4 Å². The number of aliphatic hydroxyl groups excluding tert-OH is 1. The van der Waals surface area contributed by atoms with E-state index in [4.69, 9.17) is 24.3 Å². The number of hydrogen-bond acceptors (Lipinski definition) is 10. The zero-order valence-electron chi connectivity index (χ0n) is 21.2. The highest BCUT2D eigenvalue weighted by Gasteiger charge is 2.39. The topological polar surface area (TPSA) is 164 Å². The van der Waals surface area contributed by atoms with E-state index in [2.05, 4.69) is 10.1 Å². The lowest BCUT2D eigenvalue weighted by atomic mass is 10.1. The number of aliphatic hydroxyl groups is 1. The smallest absolute Gasteiger partial charge is 0.459 e. The zero-order valence-corrected chi connectivity index (χ0v) is 22.1. The first-order valence-electron chi connectivity index (χ1n) is 12.1. The summed E-state index contributed by atoms with van der Waals surface area (Å²) in [5, 5.41) is 14.7. The normalized spacial score (nSPS) is 21.8. The van der Waals surface area contributed by atoms with Gasteiger partial charge in [0.15, 0.2) is 0 Å². The summed E-state index contributed by atoms with van der Waals surface area (Å²) in [5.74, 6) is -0.307. The van der Waals surface area contributed by atoms with Crippen molar-refractivity contribution in [2.45, 2.75) is 57.8 Å². The SMILES string of the molecule is CC(C)OC(=O)[C@H](C)NP(=O)(OC[C@H]1O[C@@H](n2ccc(N)nc2=O)C[C@H]1O)Oc1cccc2ccccc12. The Morgan fingerprint density at radius 1 is 1.24 bits per heavy atom. The number of nitrogen functional groups attached to an aromatic ring is 1. The maximum atomic E-state index is 14.0. The third-order valence-electron chi connectivity index (χ3n) is 5.80. The van der Waals surface area contributed by atoms with Gasteiger partial charge in [-0.3, -0.25) is 13.9 Å². The number of carbonyl (C=O) groups is 1. The Morgan fingerprint density at radius 2 is 1.97 bits per heavy atom. The first-order valence-corrected chi connectivity index (χ1v) is 13.7. The molecule has 1 aliphatic heterocycles. The molecule has 2 heterocycles. The van der Waals surface area contributed by atoms with Crippen LogP contribution in [0.15, 0.2) is 59.5 Å². The van der Waals surface area contributed by atoms with Crippen LogP contribution in [0.2, 0.25) is 0 Å². The number of anilines is 1. The molecule has 1 saturated heterocycles. The molecule has 4 N–H and O–H groups in total. The van der Waals surface area contributed by atoms with Gasteiger partial charge in [0.05, 0.1) is 18.8 Å². The minimum atomic E-state index is -4.23. The number of rotatable bonds is 10. The summed E-state index contributed by atoms with van der Waals surface area (Å²) in [6, 6.07) is 13.0. The second kappa shape index (κ2) is 11.6. The predicted octanol–water partition coefficient (Wildman–Crippen LogP) is 2.76. The van der Waals surface area contributed by atoms with Crippen molar-refractivity contribution in [1.29, 1.82) is 0 Å². The summed E-state index contributed by atoms with van der Waals surface area (Å²) >= 11 is 0. The first-order chi connectivity index (χ1) is 18.0. The lowest BCUT2D eigenvalue weighted by Crippen LogP contribution is -2.37. The van der Waals surface area contributed by atoms with Gasteiger partial charge in [0.1, 0.15) is 29.9 Å². The molecular weight excluding hydrogens is 515 g/mol. The highest BCUT2D eigenvalue weighted by molar-refractivity contribution is 7.52. The summed E-state index contributed by atoms with van der Waals surface area (Å²) in [6.07, 6.45) is -1.71. The molecule has 0 radical (unpaired) electrons. The number of esters is 1. The van der Waals surface area contributed by atoms with Gasteiger partial charge in [-0.05, 0) is 38.3 Å². The van der Waals surface area contributed by atoms with E-state index in [1.165, 1.54) is 23.8 Å². The fraction of sp³-hybridized carbons (Fsp3) is 0.400. The molecule has 0 amide bonds. The maximum absolute atomic E-state index is 14.0. The number of ether oxygens (including phenoxy) is 2. The van der Waals surface area contributed by atoms with Crippen LogP contribution in [0.1, 0.15) is 33.4 Å². The molecular formula is C25H31N4O8P. The van der Waals surface area contributed by atoms with E-state index >= 15 is 0 Å². The van der Waals surface area contributed by atoms with Crippen molar-refractivity contribution in [1.82, 2.24) is 14.6 Å². The Kier molecular flexibility index (Phi) is 8.49. The van der Waals surface area contributed by atoms with E-state index in [9.17, 15) is 19.3 Å². The maximum Gasteiger partial charge on any atom is 0.459 e. The molecule has 1 aromatic heterocycles. The van der Waals surface area contributed by atoms with E-state index in [0.29, 0.717) is 5.39 Å². The third-order valence-corrected chi connectivity index (χ3v) is 7.43. The molecule has 0 bridgehead atoms. The zero-order chi connectivity index (χ0) is 27.4. The van der Waals surface area contributed by atoms with Gasteiger partial charge >= 0.3 is 19.4 Å². The largest absolute Gasteiger partial charge is 0.462 e. The van der Waals surface area contributed by atoms with Crippen LogP contribution in [-0.2, 0) is 23.4 Å². The fourth-order valence-corrected chi connectivity index (χ4v) is 5.49. The quantitative estimate of drug-likeness (QED) is 0.253. The minimum absolute atomic E-state index is 0.0624. The van der Waals surface area contributed by atoms with E-state index in [-0.39, 0.29) is 30.7 Å². The Hall–Kier alpha value is -3.28. The van der Waals surface area contributed by atoms with Crippen LogP contribution in [0.4, 0.5) is 5.82 Å². The molecule has 1 unspecified atom stereocenters. The van der Waals surface area contributed by atoms with Crippen molar-refractivity contribution in [3.05, 3.63) is 65.2 Å². The number of nitrogens with zero attached hydrogens (tertiary/aromatic N) is 2. The highest BCUT2D eigenvalue weighted by atomic mass is 31.2. The number of aromatic nitrogens is 2. The second-order valence-electron chi connectivity index (χ2n) is 9.17. The van der Waals surface area contributed by atoms with Crippen LogP contribution in [-0.4, -0.2) is 51.6 Å². The molecule has 13 heteroatoms. The van der Waals surface area contributed by atoms with Crippen LogP contribution in [0.3, 0.4) is 0 Å². The van der Waals surface area contributed by atoms with Crippen molar-refractivity contribution in [3.63, 3.8) is 0 Å². The molecule has 38 heavy (non-hydrogen) atoms. The average molecular weight is 547 g/mol. The lowest BCUT2D eigenvalue weighted by Gasteiger charge is -2.25. The van der Waals surface area contributed by atoms with Gasteiger partial charge < -0.3 is 24.8 Å². The van der Waals surface area contributed by atoms with E-state index < -0.39 is 43.9 Å². The van der Waals surface area contributed by atoms with E-state index in [0.717, 1.165) is 5.39 Å². The van der Waals surface area contributed by atoms with Crippen LogP contribution in [0.25, 0.3) is 10.8 Å². The molecule has 3 aromatic rings. The monoisotopic (exact) mass is 546 g/mol. The molecule has 0 aliphatic carbocycles. The van der Waals surface area contributed by atoms with E-state index in [1.807, 2.05) is 24.3 Å². The number of hydrogen-bond donors (Lipinski definition) is 3. The van der Waals surface area contributed by atoms with Crippen molar-refractivity contribution in [2.75, 3.05) is 12.3 Å². The van der Waals surface area contributed by atoms with Gasteiger partial charge in [0.2, 0.25) is 0 Å². The van der Waals surface area contributed by atoms with Crippen molar-refractivity contribution in [2.24, 2.45) is 0 Å². The van der Waals surface area contributed by atoms with Crippen LogP contribution >= 0.6 is 7.75 Å². The minimum Gasteiger partial charge on any atom is -0.462 e. The summed E-state index contributed by atoms with van der Waals surface area (Å²) < 4.78 is 37.8. The number of nitrogens with one attached hydrogen (secondary N) is 1. The summed E-state index contributed by atoms with van der Waals surface area (Å²) in [4.78, 5) is 28.3. The molecule has 0 spiro atoms. The Balaban J connectivity index is 1.54. The highest BCUT2D eigenvalue weighted by Crippen LogP contribution is 2.47. The van der Waals surface area contributed by atoms with Crippen molar-refractivity contribution < 1.29 is 33.0 Å². The summed E-state index contributed by atoms with van der Waals surface area (Å²) in [5.41, 5.74) is 4.91. The summed E-state index contributed by atoms with van der Waals surface area (Å²) in [6.45, 7) is 4.51. The number of nitrogens with two attached hydrogens (primary N) is 1. The molecule has 4 rings (SSSR count). The van der Waals surface area contributed by atoms with E-state index in [1.54, 1.807) is 32.0 Å². The third kappa shape index (κ3) is 6.58. The van der Waals surface area contributed by atoms with Gasteiger partial charge in [-0.15, -0.1) is 0 Å². The standard InChI is InChI=1S/C25H31N4O8P/c1-15(2)35-24(31)16(3)28-38(33,37-20-10-6-8-17-7-4-5-9-18(17)20)34-14-21-19(30)13-23(36-21)29-12-11-22(26)27-25(29)32/h4-12,15-16,19,21,23,30H,13-14H2,1-3H3,(H,28,33)(H2,26,27,32)/t16-,19+,21+,23+,38?/m0/s1. The molecule has 1 fully saturated rings. The molecule has 2 aromatic carbocycles. The van der Waals surface area contributed by atoms with Crippen LogP contribution in [0, 0.1) is 0 Å². The summed E-state index contributed by atoms with van der Waals surface area (Å²) in [7, 11) is -4.23. The fourth-order valence-electron chi connectivity index (χ4n) is 3.97. The molecule has 0 saturated carbocycles. The second-order valence-corrected chi connectivity index (χ2v) is 10.9. The molecule has 5 atom stereocenters. The number of fused-ring (bicyclic) bond motifs is 1. The predicted molar refractivity (Wildman–Crippen MR) is 139 cm³/mol. The molecule has 204 valence electrons. The number of carbonyl (C=O) groups excluding carboxylic acids is 1. The Morgan fingerprint density at radius 3 is 2.71 bits per heavy atom. The first kappa shape index (κ1) is 27.7. The van der Waals surface area contributed by atoms with Gasteiger partial charge in [0.25, 0.3) is 0 Å². The van der Waals surface area contributed by atoms with Gasteiger partial charge in [-0.2, -0.15) is 10.1 Å². The Labute approximate surface area is 219 Å². The molecule has 1 aliphatic rings. The van der Waals surface area contributed by atoms with Gasteiger partial charge in [-0.25, -0.2) is 9.36 Å².